The molecule has 5 heteroatoms. The molecule has 100 valence electrons. The van der Waals surface area contributed by atoms with Crippen LogP contribution in [0.5, 0.6) is 0 Å². The van der Waals surface area contributed by atoms with Crippen molar-refractivity contribution in [3.05, 3.63) is 34.6 Å². The number of benzene rings is 1. The summed E-state index contributed by atoms with van der Waals surface area (Å²) >= 11 is 5.70. The molecule has 1 unspecified atom stereocenters. The van der Waals surface area contributed by atoms with Crippen molar-refractivity contribution in [1.29, 1.82) is 0 Å². The SMILES string of the molecule is CCOC(=O)C(C)(CCN)c1ccc(Cl)cc1F. The minimum atomic E-state index is -1.08. The molecule has 18 heavy (non-hydrogen) atoms. The van der Waals surface area contributed by atoms with E-state index in [0.29, 0.717) is 6.42 Å². The summed E-state index contributed by atoms with van der Waals surface area (Å²) in [4.78, 5) is 12.0. The summed E-state index contributed by atoms with van der Waals surface area (Å²) in [5.74, 6) is -0.997. The van der Waals surface area contributed by atoms with Gasteiger partial charge in [-0.1, -0.05) is 17.7 Å². The first-order chi connectivity index (χ1) is 8.45. The third kappa shape index (κ3) is 3.00. The summed E-state index contributed by atoms with van der Waals surface area (Å²) in [6, 6.07) is 4.24. The van der Waals surface area contributed by atoms with Crippen LogP contribution in [-0.4, -0.2) is 19.1 Å². The predicted octanol–water partition coefficient (Wildman–Crippen LogP) is 2.65. The number of halogens is 2. The zero-order chi connectivity index (χ0) is 13.8. The highest BCUT2D eigenvalue weighted by Gasteiger charge is 2.38. The molecule has 0 bridgehead atoms. The second-order valence-corrected chi connectivity index (χ2v) is 4.65. The lowest BCUT2D eigenvalue weighted by atomic mass is 9.79. The van der Waals surface area contributed by atoms with Gasteiger partial charge in [0.1, 0.15) is 5.82 Å². The summed E-state index contributed by atoms with van der Waals surface area (Å²) < 4.78 is 18.9. The van der Waals surface area contributed by atoms with Crippen molar-refractivity contribution in [2.45, 2.75) is 25.7 Å². The van der Waals surface area contributed by atoms with E-state index in [9.17, 15) is 9.18 Å². The molecular weight excluding hydrogens is 257 g/mol. The van der Waals surface area contributed by atoms with Gasteiger partial charge in [0, 0.05) is 10.6 Å². The Morgan fingerprint density at radius 1 is 1.56 bits per heavy atom. The van der Waals surface area contributed by atoms with Crippen LogP contribution in [0.25, 0.3) is 0 Å². The lowest BCUT2D eigenvalue weighted by Gasteiger charge is -2.27. The van der Waals surface area contributed by atoms with Gasteiger partial charge in [-0.3, -0.25) is 4.79 Å². The van der Waals surface area contributed by atoms with Gasteiger partial charge in [-0.2, -0.15) is 0 Å². The fraction of sp³-hybridized carbons (Fsp3) is 0.462. The zero-order valence-electron chi connectivity index (χ0n) is 10.5. The molecule has 1 rings (SSSR count). The molecule has 0 aliphatic carbocycles. The van der Waals surface area contributed by atoms with E-state index in [1.165, 1.54) is 12.1 Å². The number of hydrogen-bond donors (Lipinski definition) is 1. The van der Waals surface area contributed by atoms with Gasteiger partial charge in [-0.25, -0.2) is 4.39 Å². The predicted molar refractivity (Wildman–Crippen MR) is 69.1 cm³/mol. The smallest absolute Gasteiger partial charge is 0.316 e. The molecule has 0 aliphatic heterocycles. The Bertz CT molecular complexity index is 439. The van der Waals surface area contributed by atoms with E-state index >= 15 is 0 Å². The molecular formula is C13H17ClFNO2. The van der Waals surface area contributed by atoms with Crippen molar-refractivity contribution in [3.63, 3.8) is 0 Å². The molecule has 0 aromatic heterocycles. The highest BCUT2D eigenvalue weighted by atomic mass is 35.5. The monoisotopic (exact) mass is 273 g/mol. The van der Waals surface area contributed by atoms with Crippen molar-refractivity contribution in [3.8, 4) is 0 Å². The van der Waals surface area contributed by atoms with Gasteiger partial charge in [-0.15, -0.1) is 0 Å². The summed E-state index contributed by atoms with van der Waals surface area (Å²) in [5.41, 5.74) is 4.69. The van der Waals surface area contributed by atoms with Crippen molar-refractivity contribution in [1.82, 2.24) is 0 Å². The van der Waals surface area contributed by atoms with Crippen molar-refractivity contribution < 1.29 is 13.9 Å². The maximum atomic E-state index is 13.9. The summed E-state index contributed by atoms with van der Waals surface area (Å²) in [6.45, 7) is 3.84. The van der Waals surface area contributed by atoms with Crippen molar-refractivity contribution in [2.75, 3.05) is 13.2 Å². The van der Waals surface area contributed by atoms with Crippen LogP contribution in [0.4, 0.5) is 4.39 Å². The van der Waals surface area contributed by atoms with Gasteiger partial charge in [0.15, 0.2) is 0 Å². The number of hydrogen-bond acceptors (Lipinski definition) is 3. The largest absolute Gasteiger partial charge is 0.465 e. The average molecular weight is 274 g/mol. The Balaban J connectivity index is 3.21. The first kappa shape index (κ1) is 14.9. The number of carbonyl (C=O) groups is 1. The van der Waals surface area contributed by atoms with Crippen LogP contribution in [0.3, 0.4) is 0 Å². The van der Waals surface area contributed by atoms with Crippen LogP contribution in [0.15, 0.2) is 18.2 Å². The average Bonchev–Trinajstić information content (AvgIpc) is 2.29. The molecule has 0 fully saturated rings. The summed E-state index contributed by atoms with van der Waals surface area (Å²) in [7, 11) is 0. The van der Waals surface area contributed by atoms with Crippen LogP contribution < -0.4 is 5.73 Å². The number of rotatable bonds is 5. The molecule has 0 heterocycles. The number of ether oxygens (including phenoxy) is 1. The van der Waals surface area contributed by atoms with Crippen LogP contribution in [0.2, 0.25) is 5.02 Å². The third-order valence-corrected chi connectivity index (χ3v) is 3.13. The van der Waals surface area contributed by atoms with Gasteiger partial charge in [0.25, 0.3) is 0 Å². The van der Waals surface area contributed by atoms with E-state index in [2.05, 4.69) is 0 Å². The van der Waals surface area contributed by atoms with E-state index in [-0.39, 0.29) is 23.7 Å². The summed E-state index contributed by atoms with van der Waals surface area (Å²) in [5, 5.41) is 0.287. The third-order valence-electron chi connectivity index (χ3n) is 2.90. The van der Waals surface area contributed by atoms with E-state index in [0.717, 1.165) is 0 Å². The van der Waals surface area contributed by atoms with Gasteiger partial charge >= 0.3 is 5.97 Å². The minimum Gasteiger partial charge on any atom is -0.465 e. The van der Waals surface area contributed by atoms with Gasteiger partial charge in [-0.05, 0) is 38.9 Å². The zero-order valence-corrected chi connectivity index (χ0v) is 11.3. The molecule has 1 aromatic rings. The van der Waals surface area contributed by atoms with Crippen LogP contribution in [-0.2, 0) is 14.9 Å². The van der Waals surface area contributed by atoms with Crippen molar-refractivity contribution in [2.24, 2.45) is 5.73 Å². The second-order valence-electron chi connectivity index (χ2n) is 4.22. The van der Waals surface area contributed by atoms with E-state index < -0.39 is 17.2 Å². The van der Waals surface area contributed by atoms with E-state index in [4.69, 9.17) is 22.1 Å². The lowest BCUT2D eigenvalue weighted by molar-refractivity contribution is -0.149. The number of esters is 1. The highest BCUT2D eigenvalue weighted by Crippen LogP contribution is 2.32. The van der Waals surface area contributed by atoms with Crippen LogP contribution >= 0.6 is 11.6 Å². The van der Waals surface area contributed by atoms with Crippen molar-refractivity contribution >= 4 is 17.6 Å². The molecule has 0 radical (unpaired) electrons. The number of nitrogens with two attached hydrogens (primary N) is 1. The highest BCUT2D eigenvalue weighted by molar-refractivity contribution is 6.30. The fourth-order valence-electron chi connectivity index (χ4n) is 1.86. The van der Waals surface area contributed by atoms with E-state index in [1.807, 2.05) is 0 Å². The fourth-order valence-corrected chi connectivity index (χ4v) is 2.02. The van der Waals surface area contributed by atoms with Gasteiger partial charge in [0.05, 0.1) is 12.0 Å². The first-order valence-electron chi connectivity index (χ1n) is 5.78. The topological polar surface area (TPSA) is 52.3 Å². The second kappa shape index (κ2) is 6.16. The summed E-state index contributed by atoms with van der Waals surface area (Å²) in [6.07, 6.45) is 0.310. The maximum absolute atomic E-state index is 13.9. The minimum absolute atomic E-state index is 0.244. The van der Waals surface area contributed by atoms with Crippen LogP contribution in [0.1, 0.15) is 25.8 Å². The molecule has 0 amide bonds. The van der Waals surface area contributed by atoms with Gasteiger partial charge < -0.3 is 10.5 Å². The van der Waals surface area contributed by atoms with Gasteiger partial charge in [0.2, 0.25) is 0 Å². The quantitative estimate of drug-likeness (QED) is 0.839. The number of carbonyl (C=O) groups excluding carboxylic acids is 1. The van der Waals surface area contributed by atoms with E-state index in [1.54, 1.807) is 19.9 Å². The Kier molecular flexibility index (Phi) is 5.11. The first-order valence-corrected chi connectivity index (χ1v) is 6.16. The normalized spacial score (nSPS) is 14.1. The maximum Gasteiger partial charge on any atom is 0.316 e. The van der Waals surface area contributed by atoms with Crippen LogP contribution in [0, 0.1) is 5.82 Å². The molecule has 1 aromatic carbocycles. The standard InChI is InChI=1S/C13H17ClFNO2/c1-3-18-12(17)13(2,6-7-16)10-5-4-9(14)8-11(10)15/h4-5,8H,3,6-7,16H2,1-2H3. The molecule has 0 saturated heterocycles. The molecule has 2 N–H and O–H groups in total. The Morgan fingerprint density at radius 2 is 2.22 bits per heavy atom. The Hall–Kier alpha value is -1.13. The molecule has 1 atom stereocenters. The molecule has 0 spiro atoms. The molecule has 0 aliphatic rings. The Labute approximate surface area is 111 Å². The molecule has 0 saturated carbocycles. The Morgan fingerprint density at radius 3 is 2.72 bits per heavy atom. The lowest BCUT2D eigenvalue weighted by Crippen LogP contribution is -2.37. The molecule has 3 nitrogen and oxygen atoms in total.